The first-order chi connectivity index (χ1) is 43.9. The van der Waals surface area contributed by atoms with Crippen molar-refractivity contribution in [3.63, 3.8) is 0 Å². The number of nitrogens with one attached hydrogen (secondary N) is 7. The van der Waals surface area contributed by atoms with Crippen LogP contribution in [0.2, 0.25) is 0 Å². The van der Waals surface area contributed by atoms with Gasteiger partial charge in [0, 0.05) is 109 Å². The van der Waals surface area contributed by atoms with Crippen LogP contribution < -0.4 is 47.7 Å². The van der Waals surface area contributed by atoms with Crippen molar-refractivity contribution in [3.8, 4) is 5.75 Å². The summed E-state index contributed by atoms with van der Waals surface area (Å²) in [6, 6.07) is 10.3. The Bertz CT molecular complexity index is 3330. The van der Waals surface area contributed by atoms with Gasteiger partial charge in [0.15, 0.2) is 17.5 Å². The van der Waals surface area contributed by atoms with Crippen molar-refractivity contribution in [2.24, 2.45) is 35.2 Å². The summed E-state index contributed by atoms with van der Waals surface area (Å²) in [5, 5.41) is 19.2. The van der Waals surface area contributed by atoms with E-state index in [9.17, 15) is 33.6 Å². The van der Waals surface area contributed by atoms with Crippen molar-refractivity contribution in [2.45, 2.75) is 37.6 Å². The van der Waals surface area contributed by atoms with E-state index in [0.29, 0.717) is 136 Å². The second-order valence-electron chi connectivity index (χ2n) is 21.0. The van der Waals surface area contributed by atoms with Gasteiger partial charge in [0.2, 0.25) is 29.4 Å². The van der Waals surface area contributed by atoms with Gasteiger partial charge in [0.25, 0.3) is 23.6 Å². The van der Waals surface area contributed by atoms with Gasteiger partial charge in [-0.15, -0.1) is 0 Å². The van der Waals surface area contributed by atoms with E-state index in [1.165, 1.54) is 38.4 Å². The summed E-state index contributed by atoms with van der Waals surface area (Å²) in [4.78, 5) is 104. The zero-order valence-electron chi connectivity index (χ0n) is 51.9. The van der Waals surface area contributed by atoms with Crippen molar-refractivity contribution in [2.75, 3.05) is 151 Å². The minimum atomic E-state index is -0.814. The number of amides is 7. The number of benzene rings is 1. The highest BCUT2D eigenvalue weighted by molar-refractivity contribution is 6.05. The number of carbonyl (C=O) groups excluding carboxylic acids is 7. The predicted molar refractivity (Wildman–Crippen MR) is 331 cm³/mol. The highest BCUT2D eigenvalue weighted by Gasteiger charge is 2.46. The summed E-state index contributed by atoms with van der Waals surface area (Å²) < 4.78 is 57.3. The molecule has 1 aromatic carbocycles. The summed E-state index contributed by atoms with van der Waals surface area (Å²) in [6.45, 7) is 7.28. The Labute approximate surface area is 525 Å². The van der Waals surface area contributed by atoms with Crippen molar-refractivity contribution in [1.82, 2.24) is 48.4 Å². The number of aromatic nitrogens is 8. The SMILES string of the molecule is Cn1cc(NC(=O)c2nccn2C)cc1NC(=O)CCC(=O)Nc1cn(C)c(C(=O)Nc2cc(C(=O)NC3(CC(=O)Nc4cn(C)c(C(=O)NCCOCCOCCOCCOCCOCCOCCOCCOCCOc5ccc(N)cc5)n4)CC3)n(C)c2)n1. The smallest absolute Gasteiger partial charge is 0.291 e. The first-order valence-electron chi connectivity index (χ1n) is 29.5. The summed E-state index contributed by atoms with van der Waals surface area (Å²) in [7, 11) is 8.21. The molecule has 0 radical (unpaired) electrons. The Morgan fingerprint density at radius 2 is 0.945 bits per heavy atom. The molecule has 32 nitrogen and oxygen atoms in total. The molecule has 7 rings (SSSR count). The third-order valence-electron chi connectivity index (χ3n) is 13.6. The van der Waals surface area contributed by atoms with E-state index in [0.717, 1.165) is 5.75 Å². The summed E-state index contributed by atoms with van der Waals surface area (Å²) >= 11 is 0. The number of ether oxygens (including phenoxy) is 9. The van der Waals surface area contributed by atoms with E-state index < -0.39 is 46.9 Å². The molecule has 91 heavy (non-hydrogen) atoms. The first-order valence-corrected chi connectivity index (χ1v) is 29.5. The molecular formula is C59H82N16O16. The summed E-state index contributed by atoms with van der Waals surface area (Å²) in [5.74, 6) is -1.74. The van der Waals surface area contributed by atoms with Gasteiger partial charge in [0.05, 0.1) is 124 Å². The van der Waals surface area contributed by atoms with Gasteiger partial charge >= 0.3 is 0 Å². The van der Waals surface area contributed by atoms with Gasteiger partial charge in [-0.3, -0.25) is 33.6 Å². The summed E-state index contributed by atoms with van der Waals surface area (Å²) in [5.41, 5.74) is 6.47. The zero-order valence-corrected chi connectivity index (χ0v) is 51.9. The van der Waals surface area contributed by atoms with Crippen LogP contribution in [0.25, 0.3) is 0 Å². The van der Waals surface area contributed by atoms with Gasteiger partial charge in [-0.2, -0.15) is 0 Å². The monoisotopic (exact) mass is 1270 g/mol. The highest BCUT2D eigenvalue weighted by Crippen LogP contribution is 2.39. The predicted octanol–water partition coefficient (Wildman–Crippen LogP) is 2.24. The van der Waals surface area contributed by atoms with E-state index in [1.807, 2.05) is 12.1 Å². The lowest BCUT2D eigenvalue weighted by atomic mass is 10.1. The normalized spacial score (nSPS) is 12.3. The standard InChI is InChI=1S/C59H82N16O16/c1-71-16-14-61-52(71)57(81)64-43-35-48(73(3)38-43)69-50(77)11-10-49(76)65-46-39-75(5)54(68-46)58(82)63-42-34-45(72(2)37-42)55(79)70-59(12-13-59)36-51(78)66-47-40-74(4)53(67-47)56(80)62-15-17-83-18-19-84-20-21-85-22-23-86-24-25-87-26-27-88-28-29-89-30-31-90-32-33-91-44-8-6-41(60)7-9-44/h6-9,14,16,34-35,37-40H,10-13,15,17-33,36,60H2,1-5H3,(H,62,80)(H,63,82)(H,64,81)(H,65,76)(H,66,78)(H,69,77)(H,70,79). The molecule has 7 amide bonds. The molecule has 32 heteroatoms. The Morgan fingerprint density at radius 1 is 0.484 bits per heavy atom. The zero-order chi connectivity index (χ0) is 65.0. The van der Waals surface area contributed by atoms with Gasteiger partial charge in [0.1, 0.15) is 23.9 Å². The average molecular weight is 1270 g/mol. The average Bonchev–Trinajstić information content (AvgIpc) is 1.65. The lowest BCUT2D eigenvalue weighted by Gasteiger charge is -2.17. The molecule has 494 valence electrons. The lowest BCUT2D eigenvalue weighted by Crippen LogP contribution is -2.40. The third-order valence-corrected chi connectivity index (χ3v) is 13.6. The fourth-order valence-electron chi connectivity index (χ4n) is 8.72. The molecule has 0 atom stereocenters. The molecule has 0 saturated heterocycles. The Kier molecular flexibility index (Phi) is 27.5. The van der Waals surface area contributed by atoms with E-state index in [-0.39, 0.29) is 72.9 Å². The van der Waals surface area contributed by atoms with Crippen molar-refractivity contribution >= 4 is 75.9 Å². The number of aryl methyl sites for hydroxylation is 5. The van der Waals surface area contributed by atoms with Crippen molar-refractivity contribution < 1.29 is 76.2 Å². The second kappa shape index (κ2) is 36.0. The topological polar surface area (TPSA) is 376 Å². The molecular weight excluding hydrogens is 1190 g/mol. The number of hydrogen-bond donors (Lipinski definition) is 8. The number of imidazole rings is 3. The van der Waals surface area contributed by atoms with Gasteiger partial charge in [-0.1, -0.05) is 0 Å². The first kappa shape index (κ1) is 69.5. The molecule has 0 unspecified atom stereocenters. The molecule has 1 saturated carbocycles. The molecule has 9 N–H and O–H groups in total. The van der Waals surface area contributed by atoms with Crippen LogP contribution in [0, 0.1) is 0 Å². The highest BCUT2D eigenvalue weighted by atomic mass is 16.6. The van der Waals surface area contributed by atoms with Crippen molar-refractivity contribution in [1.29, 1.82) is 0 Å². The largest absolute Gasteiger partial charge is 0.491 e. The molecule has 0 spiro atoms. The number of hydrogen-bond acceptors (Lipinski definition) is 20. The second-order valence-corrected chi connectivity index (χ2v) is 21.0. The molecule has 1 aliphatic rings. The maximum atomic E-state index is 13.6. The lowest BCUT2D eigenvalue weighted by molar-refractivity contribution is -0.121. The van der Waals surface area contributed by atoms with E-state index in [1.54, 1.807) is 81.2 Å². The van der Waals surface area contributed by atoms with Crippen LogP contribution in [-0.2, 0) is 87.5 Å². The Morgan fingerprint density at radius 3 is 1.46 bits per heavy atom. The van der Waals surface area contributed by atoms with Crippen LogP contribution in [0.3, 0.4) is 0 Å². The number of carbonyl (C=O) groups is 7. The molecule has 5 aromatic heterocycles. The van der Waals surface area contributed by atoms with Crippen LogP contribution in [0.5, 0.6) is 5.75 Å². The number of nitrogens with zero attached hydrogens (tertiary/aromatic N) is 8. The van der Waals surface area contributed by atoms with Crippen LogP contribution in [0.4, 0.5) is 34.5 Å². The minimum Gasteiger partial charge on any atom is -0.491 e. The van der Waals surface area contributed by atoms with E-state index >= 15 is 0 Å². The van der Waals surface area contributed by atoms with E-state index in [2.05, 4.69) is 52.2 Å². The quantitative estimate of drug-likeness (QED) is 0.0201. The molecule has 5 heterocycles. The van der Waals surface area contributed by atoms with Crippen LogP contribution >= 0.6 is 0 Å². The van der Waals surface area contributed by atoms with Gasteiger partial charge in [-0.25, -0.2) is 15.0 Å². The third kappa shape index (κ3) is 23.7. The van der Waals surface area contributed by atoms with Gasteiger partial charge < -0.3 is 108 Å². The minimum absolute atomic E-state index is 0.0478. The Balaban J connectivity index is 0.670. The number of rotatable bonds is 43. The molecule has 0 bridgehead atoms. The Hall–Kier alpha value is -9.02. The van der Waals surface area contributed by atoms with Crippen molar-refractivity contribution in [3.05, 3.63) is 96.7 Å². The maximum absolute atomic E-state index is 13.6. The van der Waals surface area contributed by atoms with Crippen LogP contribution in [0.15, 0.2) is 73.6 Å². The molecule has 6 aromatic rings. The van der Waals surface area contributed by atoms with Crippen LogP contribution in [0.1, 0.15) is 74.4 Å². The molecule has 1 aliphatic carbocycles. The molecule has 1 fully saturated rings. The van der Waals surface area contributed by atoms with Crippen LogP contribution in [-0.4, -0.2) is 204 Å². The van der Waals surface area contributed by atoms with Gasteiger partial charge in [-0.05, 0) is 43.2 Å². The molecule has 0 aliphatic heterocycles. The summed E-state index contributed by atoms with van der Waals surface area (Å²) in [6.07, 6.45) is 9.95. The van der Waals surface area contributed by atoms with E-state index in [4.69, 9.17) is 48.4 Å². The number of nitrogens with two attached hydrogens (primary N) is 1. The fraction of sp³-hybridized carbons (Fsp3) is 0.492. The maximum Gasteiger partial charge on any atom is 0.291 e. The number of anilines is 6. The fourth-order valence-corrected chi connectivity index (χ4v) is 8.72. The number of nitrogen functional groups attached to an aromatic ring is 1.